The zero-order valence-corrected chi connectivity index (χ0v) is 14.0. The van der Waals surface area contributed by atoms with Crippen LogP contribution in [0, 0.1) is 0 Å². The molecule has 0 saturated heterocycles. The van der Waals surface area contributed by atoms with Crippen LogP contribution >= 0.6 is 11.6 Å². The number of amides is 2. The number of carbonyl (C=O) groups is 2. The summed E-state index contributed by atoms with van der Waals surface area (Å²) in [6, 6.07) is 8.54. The largest absolute Gasteiger partial charge is 0.331 e. The number of carbonyl (C=O) groups excluding carboxylic acids is 2. The van der Waals surface area contributed by atoms with E-state index in [1.165, 1.54) is 4.90 Å². The molecule has 1 heterocycles. The van der Waals surface area contributed by atoms with Gasteiger partial charge in [-0.2, -0.15) is 5.10 Å². The van der Waals surface area contributed by atoms with Crippen LogP contribution in [0.2, 0.25) is 5.02 Å². The van der Waals surface area contributed by atoms with E-state index in [0.717, 1.165) is 5.69 Å². The van der Waals surface area contributed by atoms with E-state index in [-0.39, 0.29) is 24.3 Å². The van der Waals surface area contributed by atoms with Crippen molar-refractivity contribution in [2.75, 3.05) is 18.9 Å². The summed E-state index contributed by atoms with van der Waals surface area (Å²) in [5, 5.41) is 10.1. The molecule has 7 heteroatoms. The molecular weight excluding hydrogens is 316 g/mol. The fraction of sp³-hybridized carbons (Fsp3) is 0.312. The van der Waals surface area contributed by atoms with Gasteiger partial charge in [-0.3, -0.25) is 14.7 Å². The molecule has 2 N–H and O–H groups in total. The van der Waals surface area contributed by atoms with Gasteiger partial charge in [-0.15, -0.1) is 0 Å². The van der Waals surface area contributed by atoms with E-state index >= 15 is 0 Å². The molecule has 0 unspecified atom stereocenters. The van der Waals surface area contributed by atoms with E-state index in [9.17, 15) is 9.59 Å². The molecule has 0 fully saturated rings. The van der Waals surface area contributed by atoms with Gasteiger partial charge in [0.05, 0.1) is 6.54 Å². The van der Waals surface area contributed by atoms with E-state index < -0.39 is 0 Å². The summed E-state index contributed by atoms with van der Waals surface area (Å²) in [4.78, 5) is 25.6. The normalized spacial score (nSPS) is 10.7. The number of aromatic nitrogens is 2. The lowest BCUT2D eigenvalue weighted by molar-refractivity contribution is -0.116. The molecule has 1 aromatic heterocycles. The van der Waals surface area contributed by atoms with Crippen LogP contribution in [-0.2, 0) is 4.79 Å². The molecule has 1 aromatic carbocycles. The highest BCUT2D eigenvalue weighted by Gasteiger charge is 2.18. The predicted molar refractivity (Wildman–Crippen MR) is 89.7 cm³/mol. The minimum absolute atomic E-state index is 0.0742. The lowest BCUT2D eigenvalue weighted by atomic mass is 10.1. The van der Waals surface area contributed by atoms with Crippen LogP contribution in [0.25, 0.3) is 0 Å². The van der Waals surface area contributed by atoms with Gasteiger partial charge >= 0.3 is 0 Å². The Morgan fingerprint density at radius 1 is 1.35 bits per heavy atom. The molecule has 122 valence electrons. The Hall–Kier alpha value is -2.34. The molecule has 0 aliphatic heterocycles. The van der Waals surface area contributed by atoms with Crippen molar-refractivity contribution < 1.29 is 9.59 Å². The molecule has 0 aliphatic carbocycles. The van der Waals surface area contributed by atoms with E-state index in [0.29, 0.717) is 16.4 Å². The van der Waals surface area contributed by atoms with Crippen LogP contribution in [0.4, 0.5) is 5.69 Å². The van der Waals surface area contributed by atoms with Crippen molar-refractivity contribution in [1.29, 1.82) is 0 Å². The lowest BCUT2D eigenvalue weighted by Crippen LogP contribution is -2.35. The lowest BCUT2D eigenvalue weighted by Gasteiger charge is -2.15. The maximum atomic E-state index is 12.3. The molecule has 2 aromatic rings. The van der Waals surface area contributed by atoms with Crippen LogP contribution < -0.4 is 5.32 Å². The number of halogens is 1. The van der Waals surface area contributed by atoms with Gasteiger partial charge in [0.25, 0.3) is 5.91 Å². The third kappa shape index (κ3) is 4.56. The number of benzene rings is 1. The van der Waals surface area contributed by atoms with Crippen LogP contribution in [0.1, 0.15) is 35.9 Å². The summed E-state index contributed by atoms with van der Waals surface area (Å²) in [5.74, 6) is -0.363. The van der Waals surface area contributed by atoms with Crippen molar-refractivity contribution in [3.63, 3.8) is 0 Å². The first-order valence-electron chi connectivity index (χ1n) is 7.23. The van der Waals surface area contributed by atoms with Crippen molar-refractivity contribution in [1.82, 2.24) is 15.1 Å². The number of rotatable bonds is 5. The van der Waals surface area contributed by atoms with E-state index in [2.05, 4.69) is 15.5 Å². The Labute approximate surface area is 139 Å². The summed E-state index contributed by atoms with van der Waals surface area (Å²) in [6.07, 6.45) is 0. The molecule has 0 aliphatic rings. The maximum absolute atomic E-state index is 12.3. The van der Waals surface area contributed by atoms with Crippen molar-refractivity contribution in [3.05, 3.63) is 46.7 Å². The van der Waals surface area contributed by atoms with Gasteiger partial charge < -0.3 is 10.2 Å². The number of anilines is 1. The van der Waals surface area contributed by atoms with Gasteiger partial charge in [0.15, 0.2) is 0 Å². The average molecular weight is 335 g/mol. The van der Waals surface area contributed by atoms with Crippen molar-refractivity contribution in [2.24, 2.45) is 0 Å². The highest BCUT2D eigenvalue weighted by molar-refractivity contribution is 6.30. The second-order valence-electron chi connectivity index (χ2n) is 5.58. The first-order chi connectivity index (χ1) is 10.9. The summed E-state index contributed by atoms with van der Waals surface area (Å²) < 4.78 is 0. The van der Waals surface area contributed by atoms with Gasteiger partial charge in [-0.25, -0.2) is 0 Å². The molecule has 0 bridgehead atoms. The first kappa shape index (κ1) is 17.0. The highest BCUT2D eigenvalue weighted by Crippen LogP contribution is 2.15. The van der Waals surface area contributed by atoms with E-state index in [1.54, 1.807) is 37.4 Å². The molecule has 0 spiro atoms. The maximum Gasteiger partial charge on any atom is 0.274 e. The Morgan fingerprint density at radius 3 is 2.70 bits per heavy atom. The van der Waals surface area contributed by atoms with Crippen molar-refractivity contribution in [2.45, 2.75) is 19.8 Å². The van der Waals surface area contributed by atoms with E-state index in [1.807, 2.05) is 13.8 Å². The van der Waals surface area contributed by atoms with Crippen LogP contribution in [0.5, 0.6) is 0 Å². The average Bonchev–Trinajstić information content (AvgIpc) is 2.96. The van der Waals surface area contributed by atoms with Crippen LogP contribution in [-0.4, -0.2) is 40.5 Å². The summed E-state index contributed by atoms with van der Waals surface area (Å²) in [7, 11) is 1.56. The van der Waals surface area contributed by atoms with E-state index in [4.69, 9.17) is 11.6 Å². The molecule has 0 atom stereocenters. The van der Waals surface area contributed by atoms with Crippen LogP contribution in [0.3, 0.4) is 0 Å². The fourth-order valence-corrected chi connectivity index (χ4v) is 2.18. The molecular formula is C16H19ClN4O2. The quantitative estimate of drug-likeness (QED) is 0.882. The fourth-order valence-electron chi connectivity index (χ4n) is 1.99. The second-order valence-corrected chi connectivity index (χ2v) is 6.02. The van der Waals surface area contributed by atoms with Gasteiger partial charge in [0.1, 0.15) is 5.69 Å². The second kappa shape index (κ2) is 7.28. The smallest absolute Gasteiger partial charge is 0.274 e. The summed E-state index contributed by atoms with van der Waals surface area (Å²) >= 11 is 5.86. The molecule has 23 heavy (non-hydrogen) atoms. The van der Waals surface area contributed by atoms with Crippen molar-refractivity contribution in [3.8, 4) is 0 Å². The third-order valence-electron chi connectivity index (χ3n) is 3.27. The van der Waals surface area contributed by atoms with Crippen molar-refractivity contribution >= 4 is 29.1 Å². The number of nitrogens with zero attached hydrogens (tertiary/aromatic N) is 2. The number of H-pyrrole nitrogens is 1. The zero-order chi connectivity index (χ0) is 17.0. The number of nitrogens with one attached hydrogen (secondary N) is 2. The minimum atomic E-state index is -0.311. The van der Waals surface area contributed by atoms with Gasteiger partial charge in [0.2, 0.25) is 5.91 Å². The Balaban J connectivity index is 1.95. The van der Waals surface area contributed by atoms with Gasteiger partial charge in [0, 0.05) is 23.5 Å². The molecule has 6 nitrogen and oxygen atoms in total. The zero-order valence-electron chi connectivity index (χ0n) is 13.3. The number of aromatic amines is 1. The number of hydrogen-bond donors (Lipinski definition) is 2. The summed E-state index contributed by atoms with van der Waals surface area (Å²) in [6.45, 7) is 3.93. The minimum Gasteiger partial charge on any atom is -0.331 e. The number of likely N-dealkylation sites (N-methyl/N-ethyl adjacent to an activating group) is 1. The monoisotopic (exact) mass is 334 g/mol. The molecule has 2 amide bonds. The Kier molecular flexibility index (Phi) is 5.39. The molecule has 0 radical (unpaired) electrons. The van der Waals surface area contributed by atoms with Crippen LogP contribution in [0.15, 0.2) is 30.3 Å². The first-order valence-corrected chi connectivity index (χ1v) is 7.61. The van der Waals surface area contributed by atoms with Gasteiger partial charge in [-0.05, 0) is 30.2 Å². The highest BCUT2D eigenvalue weighted by atomic mass is 35.5. The molecule has 2 rings (SSSR count). The third-order valence-corrected chi connectivity index (χ3v) is 3.51. The Morgan fingerprint density at radius 2 is 2.09 bits per heavy atom. The SMILES string of the molecule is CC(C)c1cc(C(=O)N(C)CC(=O)Nc2cccc(Cl)c2)n[nH]1. The topological polar surface area (TPSA) is 78.1 Å². The number of hydrogen-bond acceptors (Lipinski definition) is 3. The Bertz CT molecular complexity index is 712. The summed E-state index contributed by atoms with van der Waals surface area (Å²) in [5.41, 5.74) is 1.77. The van der Waals surface area contributed by atoms with Gasteiger partial charge in [-0.1, -0.05) is 31.5 Å². The molecule has 0 saturated carbocycles. The predicted octanol–water partition coefficient (Wildman–Crippen LogP) is 2.90. The standard InChI is InChI=1S/C16H19ClN4O2/c1-10(2)13-8-14(20-19-13)16(23)21(3)9-15(22)18-12-6-4-5-11(17)7-12/h4-8,10H,9H2,1-3H3,(H,18,22)(H,19,20).